The Kier molecular flexibility index (Phi) is 4.80. The summed E-state index contributed by atoms with van der Waals surface area (Å²) < 4.78 is 15.1. The minimum atomic E-state index is -6.44. The van der Waals surface area contributed by atoms with Crippen molar-refractivity contribution in [2.75, 3.05) is 0 Å². The van der Waals surface area contributed by atoms with Gasteiger partial charge in [0.25, 0.3) is 0 Å². The molecule has 0 atom stereocenters. The summed E-state index contributed by atoms with van der Waals surface area (Å²) in [7, 11) is 1.56. The molecule has 0 saturated heterocycles. The SMILES string of the molecule is C=C(C)C(=O)[O][Ti]([CH3])([CH3])(=[SiH2])([O]C(=O)C(=C)C)([C]1=CC=CC1)[c]1cccc2c1Cc1ccccc1-2. The van der Waals surface area contributed by atoms with Gasteiger partial charge < -0.3 is 0 Å². The van der Waals surface area contributed by atoms with Crippen LogP contribution in [0.2, 0.25) is 10.5 Å². The van der Waals surface area contributed by atoms with Gasteiger partial charge in [-0.2, -0.15) is 0 Å². The van der Waals surface area contributed by atoms with Crippen LogP contribution in [-0.2, 0) is 34.9 Å². The van der Waals surface area contributed by atoms with Gasteiger partial charge in [-0.3, -0.25) is 0 Å². The predicted molar refractivity (Wildman–Crippen MR) is 138 cm³/mol. The molecule has 0 spiro atoms. The molecule has 0 aromatic heterocycles. The fourth-order valence-electron chi connectivity index (χ4n) is 5.66. The fourth-order valence-corrected chi connectivity index (χ4v) is 19.6. The van der Waals surface area contributed by atoms with Gasteiger partial charge in [0, 0.05) is 0 Å². The number of carbonyl (C=O) groups excluding carboxylic acids is 2. The van der Waals surface area contributed by atoms with Crippen molar-refractivity contribution in [1.82, 2.24) is 0 Å². The maximum absolute atomic E-state index is 13.4. The topological polar surface area (TPSA) is 52.6 Å². The second-order valence-corrected chi connectivity index (χ2v) is 38.6. The van der Waals surface area contributed by atoms with Crippen molar-refractivity contribution in [1.29, 1.82) is 0 Å². The van der Waals surface area contributed by atoms with Crippen molar-refractivity contribution in [3.63, 3.8) is 0 Å². The van der Waals surface area contributed by atoms with E-state index in [2.05, 4.69) is 31.4 Å². The summed E-state index contributed by atoms with van der Waals surface area (Å²) in [5.74, 6) is -1.16. The predicted octanol–water partition coefficient (Wildman–Crippen LogP) is 5.20. The molecule has 2 aromatic rings. The Morgan fingerprint density at radius 1 is 0.912 bits per heavy atom. The fraction of sp³-hybridized carbons (Fsp3) is 0.214. The number of hydrogen-bond acceptors (Lipinski definition) is 4. The number of benzene rings is 2. The van der Waals surface area contributed by atoms with E-state index in [0.717, 1.165) is 24.4 Å². The molecule has 2 aliphatic rings. The van der Waals surface area contributed by atoms with E-state index in [0.29, 0.717) is 12.8 Å². The first kappa shape index (κ1) is 24.4. The molecule has 0 fully saturated rings. The number of hydrogen-bond donors (Lipinski definition) is 0. The molecule has 0 radical (unpaired) electrons. The average molecular weight is 509 g/mol. The number of allylic oxidation sites excluding steroid dienone is 4. The van der Waals surface area contributed by atoms with Gasteiger partial charge in [-0.1, -0.05) is 0 Å². The molecule has 0 aliphatic heterocycles. The Morgan fingerprint density at radius 3 is 2.06 bits per heavy atom. The molecular weight excluding hydrogens is 476 g/mol. The van der Waals surface area contributed by atoms with Crippen molar-refractivity contribution in [3.8, 4) is 11.1 Å². The quantitative estimate of drug-likeness (QED) is 0.339. The van der Waals surface area contributed by atoms with E-state index in [1.54, 1.807) is 21.5 Å². The molecule has 0 bridgehead atoms. The van der Waals surface area contributed by atoms with E-state index < -0.39 is 24.2 Å². The molecule has 0 heterocycles. The number of fused-ring (bicyclic) bond motifs is 3. The molecule has 0 unspecified atom stereocenters. The Hall–Kier alpha value is -2.73. The van der Waals surface area contributed by atoms with Crippen LogP contribution in [-0.4, -0.2) is 19.6 Å². The summed E-state index contributed by atoms with van der Waals surface area (Å²) in [6, 6.07) is 14.3. The van der Waals surface area contributed by atoms with Gasteiger partial charge in [-0.15, -0.1) is 0 Å². The molecule has 0 amide bonds. The molecule has 2 aromatic carbocycles. The molecule has 6 heteroatoms. The standard InChI is InChI=1S/C13H9.C5H5.2C4H6O2.2CH3.H2Si.Ti/c1-3-7-12-10(5-1)9-11-6-2-4-8-13(11)12;1-2-4-5-3-1;2*1-3(2)4(5)6;;;;/h1-5,7-8H,9H2;1-3H,4H2;2*1H2,2H3,(H,5,6);2*1H3;1H2;/q;;;;;;;+2/p-2. The van der Waals surface area contributed by atoms with Crippen LogP contribution < -0.4 is 3.87 Å². The first-order valence-electron chi connectivity index (χ1n) is 11.5. The van der Waals surface area contributed by atoms with Crippen LogP contribution in [0.3, 0.4) is 0 Å². The average Bonchev–Trinajstić information content (AvgIpc) is 3.42. The third-order valence-electron chi connectivity index (χ3n) is 7.72. The molecular formula is C28H32O4SiTi. The summed E-state index contributed by atoms with van der Waals surface area (Å²) in [4.78, 5) is 26.9. The van der Waals surface area contributed by atoms with E-state index >= 15 is 0 Å². The molecule has 0 N–H and O–H groups in total. The van der Waals surface area contributed by atoms with Gasteiger partial charge in [-0.25, -0.2) is 0 Å². The normalized spacial score (nSPS) is 17.2. The summed E-state index contributed by atoms with van der Waals surface area (Å²) in [5, 5.41) is 3.80. The molecule has 2 aliphatic carbocycles. The summed E-state index contributed by atoms with van der Waals surface area (Å²) in [5.41, 5.74) is 4.92. The van der Waals surface area contributed by atoms with Gasteiger partial charge in [0.05, 0.1) is 0 Å². The van der Waals surface area contributed by atoms with Gasteiger partial charge in [-0.05, 0) is 0 Å². The van der Waals surface area contributed by atoms with Crippen LogP contribution in [0.5, 0.6) is 0 Å². The number of carbonyl (C=O) groups is 2. The first-order valence-corrected chi connectivity index (χ1v) is 21.5. The molecule has 34 heavy (non-hydrogen) atoms. The Balaban J connectivity index is 2.20. The van der Waals surface area contributed by atoms with Gasteiger partial charge in [0.2, 0.25) is 0 Å². The van der Waals surface area contributed by atoms with Crippen molar-refractivity contribution in [2.24, 2.45) is 0 Å². The van der Waals surface area contributed by atoms with Crippen molar-refractivity contribution < 1.29 is 28.5 Å². The zero-order chi connectivity index (χ0) is 25.1. The second kappa shape index (κ2) is 6.69. The first-order chi connectivity index (χ1) is 15.7. The van der Waals surface area contributed by atoms with Crippen LogP contribution in [0.1, 0.15) is 31.4 Å². The third kappa shape index (κ3) is 3.22. The van der Waals surface area contributed by atoms with Crippen LogP contribution in [0.15, 0.2) is 88.9 Å². The Bertz CT molecular complexity index is 1490. The molecule has 0 saturated carbocycles. The number of rotatable bonds is 6. The van der Waals surface area contributed by atoms with E-state index in [9.17, 15) is 9.59 Å². The van der Waals surface area contributed by atoms with Gasteiger partial charge in [0.1, 0.15) is 0 Å². The van der Waals surface area contributed by atoms with Crippen LogP contribution >= 0.6 is 0 Å². The summed E-state index contributed by atoms with van der Waals surface area (Å²) in [6.45, 7) is 10.9. The van der Waals surface area contributed by atoms with Crippen molar-refractivity contribution in [2.45, 2.75) is 37.1 Å². The van der Waals surface area contributed by atoms with Crippen molar-refractivity contribution >= 4 is 23.4 Å². The van der Waals surface area contributed by atoms with Crippen molar-refractivity contribution in [3.05, 3.63) is 100 Å². The van der Waals surface area contributed by atoms with E-state index in [-0.39, 0.29) is 11.1 Å². The van der Waals surface area contributed by atoms with E-state index in [1.807, 2.05) is 53.0 Å². The van der Waals surface area contributed by atoms with Crippen LogP contribution in [0.4, 0.5) is 0 Å². The zero-order valence-electron chi connectivity index (χ0n) is 20.4. The molecule has 176 valence electrons. The third-order valence-corrected chi connectivity index (χ3v) is 24.3. The van der Waals surface area contributed by atoms with Crippen LogP contribution in [0.25, 0.3) is 11.1 Å². The van der Waals surface area contributed by atoms with E-state index in [1.165, 1.54) is 5.56 Å². The molecule has 4 nitrogen and oxygen atoms in total. The monoisotopic (exact) mass is 508 g/mol. The maximum atomic E-state index is 13.4. The molecule has 4 rings (SSSR count). The Labute approximate surface area is 199 Å². The second-order valence-electron chi connectivity index (χ2n) is 11.6. The summed E-state index contributed by atoms with van der Waals surface area (Å²) in [6.07, 6.45) is 7.04. The van der Waals surface area contributed by atoms with E-state index in [4.69, 9.17) is 6.64 Å². The van der Waals surface area contributed by atoms with Gasteiger partial charge in [0.15, 0.2) is 0 Å². The van der Waals surface area contributed by atoms with Gasteiger partial charge >= 0.3 is 200 Å². The minimum absolute atomic E-state index is 0.245. The zero-order valence-corrected chi connectivity index (χ0v) is 23.4. The van der Waals surface area contributed by atoms with Crippen LogP contribution in [0, 0.1) is 0 Å². The Morgan fingerprint density at radius 2 is 1.50 bits per heavy atom. The summed E-state index contributed by atoms with van der Waals surface area (Å²) >= 11 is -6.44.